The van der Waals surface area contributed by atoms with Crippen molar-refractivity contribution >= 4 is 17.6 Å². The maximum atomic E-state index is 11.0. The fourth-order valence-corrected chi connectivity index (χ4v) is 3.00. The highest BCUT2D eigenvalue weighted by atomic mass is 32.1. The van der Waals surface area contributed by atoms with Gasteiger partial charge in [-0.15, -0.1) is 11.3 Å². The number of carbonyl (C=O) groups excluding carboxylic acids is 1. The summed E-state index contributed by atoms with van der Waals surface area (Å²) in [5.41, 5.74) is 0.743. The van der Waals surface area contributed by atoms with Crippen molar-refractivity contribution in [3.63, 3.8) is 0 Å². The van der Waals surface area contributed by atoms with Gasteiger partial charge in [-0.1, -0.05) is 19.9 Å². The number of nitrogens with zero attached hydrogens (tertiary/aromatic N) is 1. The molecule has 0 amide bonds. The van der Waals surface area contributed by atoms with E-state index in [0.29, 0.717) is 5.92 Å². The average molecular weight is 233 g/mol. The monoisotopic (exact) mass is 233 g/mol. The number of aldehydes is 1. The Labute approximate surface area is 99.5 Å². The molecule has 3 heteroatoms. The maximum absolute atomic E-state index is 11.0. The first-order chi connectivity index (χ1) is 7.74. The third-order valence-electron chi connectivity index (χ3n) is 2.70. The molecule has 0 fully saturated rings. The van der Waals surface area contributed by atoms with Gasteiger partial charge in [0, 0.05) is 11.1 Å². The lowest BCUT2D eigenvalue weighted by molar-refractivity contribution is 0.111. The molecule has 2 aromatic heterocycles. The van der Waals surface area contributed by atoms with Crippen molar-refractivity contribution in [3.8, 4) is 0 Å². The predicted octanol–water partition coefficient (Wildman–Crippen LogP) is 3.61. The Morgan fingerprint density at radius 2 is 2.12 bits per heavy atom. The van der Waals surface area contributed by atoms with E-state index in [4.69, 9.17) is 0 Å². The third-order valence-corrected chi connectivity index (χ3v) is 3.64. The molecule has 2 nitrogen and oxygen atoms in total. The van der Waals surface area contributed by atoms with E-state index in [9.17, 15) is 4.79 Å². The minimum absolute atomic E-state index is 0.259. The fourth-order valence-electron chi connectivity index (χ4n) is 2.01. The number of rotatable bonds is 4. The second-order valence-corrected chi connectivity index (χ2v) is 5.14. The van der Waals surface area contributed by atoms with Crippen molar-refractivity contribution in [2.75, 3.05) is 0 Å². The average Bonchev–Trinajstić information content (AvgIpc) is 2.88. The van der Waals surface area contributed by atoms with E-state index < -0.39 is 0 Å². The molecule has 84 valence electrons. The van der Waals surface area contributed by atoms with Gasteiger partial charge in [0.2, 0.25) is 0 Å². The Kier molecular flexibility index (Phi) is 3.25. The molecule has 0 aliphatic heterocycles. The molecule has 0 aliphatic carbocycles. The largest absolute Gasteiger partial charge is 0.337 e. The Hall–Kier alpha value is -1.35. The summed E-state index contributed by atoms with van der Waals surface area (Å²) >= 11 is 1.74. The highest BCUT2D eigenvalue weighted by Crippen LogP contribution is 2.30. The van der Waals surface area contributed by atoms with Gasteiger partial charge < -0.3 is 4.57 Å². The van der Waals surface area contributed by atoms with E-state index in [-0.39, 0.29) is 6.04 Å². The van der Waals surface area contributed by atoms with Crippen molar-refractivity contribution < 1.29 is 4.79 Å². The van der Waals surface area contributed by atoms with Gasteiger partial charge in [-0.2, -0.15) is 0 Å². The Morgan fingerprint density at radius 3 is 2.69 bits per heavy atom. The Balaban J connectivity index is 2.45. The minimum atomic E-state index is 0.259. The lowest BCUT2D eigenvalue weighted by atomic mass is 10.0. The van der Waals surface area contributed by atoms with E-state index in [1.165, 1.54) is 4.88 Å². The van der Waals surface area contributed by atoms with Crippen molar-refractivity contribution in [1.82, 2.24) is 4.57 Å². The second-order valence-electron chi connectivity index (χ2n) is 4.16. The molecule has 0 aliphatic rings. The molecule has 0 saturated heterocycles. The number of carbonyl (C=O) groups is 1. The van der Waals surface area contributed by atoms with Crippen LogP contribution >= 0.6 is 11.3 Å². The van der Waals surface area contributed by atoms with Crippen molar-refractivity contribution in [1.29, 1.82) is 0 Å². The van der Waals surface area contributed by atoms with Gasteiger partial charge >= 0.3 is 0 Å². The molecule has 0 N–H and O–H groups in total. The number of hydrogen-bond donors (Lipinski definition) is 0. The summed E-state index contributed by atoms with van der Waals surface area (Å²) in [6.07, 6.45) is 2.90. The minimum Gasteiger partial charge on any atom is -0.337 e. The van der Waals surface area contributed by atoms with E-state index in [1.54, 1.807) is 11.3 Å². The van der Waals surface area contributed by atoms with Gasteiger partial charge in [-0.05, 0) is 29.5 Å². The Morgan fingerprint density at radius 1 is 1.31 bits per heavy atom. The van der Waals surface area contributed by atoms with E-state index in [1.807, 2.05) is 18.3 Å². The van der Waals surface area contributed by atoms with Gasteiger partial charge in [0.05, 0.1) is 11.7 Å². The van der Waals surface area contributed by atoms with Gasteiger partial charge in [0.15, 0.2) is 6.29 Å². The molecule has 1 unspecified atom stereocenters. The standard InChI is InChI=1S/C13H15NOS/c1-10(2)13(12-6-4-8-16-12)14-7-3-5-11(14)9-15/h3-10,13H,1-2H3. The number of aromatic nitrogens is 1. The highest BCUT2D eigenvalue weighted by molar-refractivity contribution is 7.10. The predicted molar refractivity (Wildman–Crippen MR) is 67.1 cm³/mol. The summed E-state index contributed by atoms with van der Waals surface area (Å²) in [4.78, 5) is 12.3. The molecule has 0 radical (unpaired) electrons. The fraction of sp³-hybridized carbons (Fsp3) is 0.308. The third kappa shape index (κ3) is 1.95. The van der Waals surface area contributed by atoms with E-state index >= 15 is 0 Å². The molecule has 1 atom stereocenters. The number of hydrogen-bond acceptors (Lipinski definition) is 2. The summed E-state index contributed by atoms with van der Waals surface area (Å²) in [7, 11) is 0. The van der Waals surface area contributed by atoms with Gasteiger partial charge in [-0.3, -0.25) is 4.79 Å². The van der Waals surface area contributed by atoms with Crippen LogP contribution < -0.4 is 0 Å². The van der Waals surface area contributed by atoms with Crippen LogP contribution in [0.3, 0.4) is 0 Å². The molecule has 0 bridgehead atoms. The first kappa shape index (κ1) is 11.1. The number of thiophene rings is 1. The lowest BCUT2D eigenvalue weighted by Gasteiger charge is -2.23. The zero-order valence-corrected chi connectivity index (χ0v) is 10.3. The van der Waals surface area contributed by atoms with Gasteiger partial charge in [-0.25, -0.2) is 0 Å². The molecule has 0 saturated carbocycles. The highest BCUT2D eigenvalue weighted by Gasteiger charge is 2.20. The SMILES string of the molecule is CC(C)C(c1cccs1)n1cccc1C=O. The van der Waals surface area contributed by atoms with Crippen molar-refractivity contribution in [2.45, 2.75) is 19.9 Å². The van der Waals surface area contributed by atoms with Crippen LogP contribution in [0, 0.1) is 5.92 Å². The van der Waals surface area contributed by atoms with Crippen LogP contribution in [0.25, 0.3) is 0 Å². The molecular formula is C13H15NOS. The zero-order valence-electron chi connectivity index (χ0n) is 9.46. The zero-order chi connectivity index (χ0) is 11.5. The molecule has 2 aromatic rings. The molecule has 2 rings (SSSR count). The second kappa shape index (κ2) is 4.66. The molecule has 2 heterocycles. The smallest absolute Gasteiger partial charge is 0.166 e. The topological polar surface area (TPSA) is 22.0 Å². The van der Waals surface area contributed by atoms with Crippen LogP contribution in [-0.2, 0) is 0 Å². The summed E-state index contributed by atoms with van der Waals surface area (Å²) in [5, 5.41) is 2.08. The first-order valence-corrected chi connectivity index (χ1v) is 6.27. The Bertz CT molecular complexity index is 456. The van der Waals surface area contributed by atoms with E-state index in [2.05, 4.69) is 35.9 Å². The van der Waals surface area contributed by atoms with Crippen LogP contribution in [0.5, 0.6) is 0 Å². The molecule has 16 heavy (non-hydrogen) atoms. The van der Waals surface area contributed by atoms with Crippen LogP contribution in [0.1, 0.15) is 35.3 Å². The summed E-state index contributed by atoms with van der Waals surface area (Å²) < 4.78 is 2.06. The lowest BCUT2D eigenvalue weighted by Crippen LogP contribution is -2.16. The summed E-state index contributed by atoms with van der Waals surface area (Å²) in [5.74, 6) is 0.463. The quantitative estimate of drug-likeness (QED) is 0.739. The molecule has 0 aromatic carbocycles. The van der Waals surface area contributed by atoms with Crippen LogP contribution in [0.15, 0.2) is 35.8 Å². The summed E-state index contributed by atoms with van der Waals surface area (Å²) in [6, 6.07) is 8.22. The molecule has 0 spiro atoms. The van der Waals surface area contributed by atoms with Crippen LogP contribution in [0.4, 0.5) is 0 Å². The van der Waals surface area contributed by atoms with Crippen LogP contribution in [0.2, 0.25) is 0 Å². The summed E-state index contributed by atoms with van der Waals surface area (Å²) in [6.45, 7) is 4.36. The van der Waals surface area contributed by atoms with Crippen molar-refractivity contribution in [3.05, 3.63) is 46.4 Å². The van der Waals surface area contributed by atoms with Crippen LogP contribution in [-0.4, -0.2) is 10.9 Å². The normalized spacial score (nSPS) is 12.9. The van der Waals surface area contributed by atoms with Gasteiger partial charge in [0.1, 0.15) is 0 Å². The van der Waals surface area contributed by atoms with Gasteiger partial charge in [0.25, 0.3) is 0 Å². The van der Waals surface area contributed by atoms with Crippen molar-refractivity contribution in [2.24, 2.45) is 5.92 Å². The molecular weight excluding hydrogens is 218 g/mol. The van der Waals surface area contributed by atoms with E-state index in [0.717, 1.165) is 12.0 Å². The first-order valence-electron chi connectivity index (χ1n) is 5.39. The maximum Gasteiger partial charge on any atom is 0.166 e.